The lowest BCUT2D eigenvalue weighted by atomic mass is 10.2. The highest BCUT2D eigenvalue weighted by molar-refractivity contribution is 6.01. The predicted octanol–water partition coefficient (Wildman–Crippen LogP) is 2.75. The summed E-state index contributed by atoms with van der Waals surface area (Å²) in [6, 6.07) is 6.75. The molecule has 2 amide bonds. The lowest BCUT2D eigenvalue weighted by molar-refractivity contribution is 0.249. The van der Waals surface area contributed by atoms with Gasteiger partial charge in [0.1, 0.15) is 5.58 Å². The molecule has 1 unspecified atom stereocenters. The molecule has 0 fully saturated rings. The lowest BCUT2D eigenvalue weighted by Gasteiger charge is -2.15. The van der Waals surface area contributed by atoms with Crippen LogP contribution in [0.15, 0.2) is 33.5 Å². The third kappa shape index (κ3) is 3.16. The van der Waals surface area contributed by atoms with Crippen molar-refractivity contribution in [2.75, 3.05) is 17.7 Å². The number of anilines is 2. The van der Waals surface area contributed by atoms with Crippen molar-refractivity contribution in [3.8, 4) is 0 Å². The number of para-hydroxylation sites is 1. The standard InChI is InChI=1S/C15H19N3O3/c1-4-9(2)17-15(20)18-13-12(16-3)10-7-5-6-8-11(10)21-14(13)19/h5-9,16H,4H2,1-3H3,(H2,17,18,20). The fourth-order valence-electron chi connectivity index (χ4n) is 2.00. The molecule has 0 spiro atoms. The molecule has 1 aromatic carbocycles. The fourth-order valence-corrected chi connectivity index (χ4v) is 2.00. The molecule has 2 aromatic rings. The maximum atomic E-state index is 12.1. The molecule has 6 nitrogen and oxygen atoms in total. The highest BCUT2D eigenvalue weighted by atomic mass is 16.4. The number of amides is 2. The molecule has 0 aliphatic heterocycles. The average Bonchev–Trinajstić information content (AvgIpc) is 2.47. The van der Waals surface area contributed by atoms with Crippen LogP contribution in [-0.2, 0) is 0 Å². The van der Waals surface area contributed by atoms with Gasteiger partial charge in [0, 0.05) is 18.5 Å². The highest BCUT2D eigenvalue weighted by Crippen LogP contribution is 2.27. The molecule has 0 saturated carbocycles. The number of benzene rings is 1. The van der Waals surface area contributed by atoms with Crippen molar-refractivity contribution in [1.29, 1.82) is 0 Å². The Bertz CT molecular complexity index is 709. The maximum Gasteiger partial charge on any atom is 0.362 e. The normalized spacial score (nSPS) is 12.0. The van der Waals surface area contributed by atoms with Crippen LogP contribution in [0.3, 0.4) is 0 Å². The van der Waals surface area contributed by atoms with Gasteiger partial charge in [0.2, 0.25) is 0 Å². The minimum absolute atomic E-state index is 0.0236. The molecule has 1 aromatic heterocycles. The zero-order valence-corrected chi connectivity index (χ0v) is 12.3. The smallest absolute Gasteiger partial charge is 0.362 e. The molecular weight excluding hydrogens is 270 g/mol. The van der Waals surface area contributed by atoms with Crippen LogP contribution in [0, 0.1) is 0 Å². The number of rotatable bonds is 4. The van der Waals surface area contributed by atoms with Crippen molar-refractivity contribution in [3.05, 3.63) is 34.7 Å². The van der Waals surface area contributed by atoms with Crippen LogP contribution in [0.2, 0.25) is 0 Å². The summed E-state index contributed by atoms with van der Waals surface area (Å²) in [7, 11) is 1.69. The van der Waals surface area contributed by atoms with Crippen LogP contribution in [0.1, 0.15) is 20.3 Å². The van der Waals surface area contributed by atoms with Gasteiger partial charge in [0.05, 0.1) is 5.69 Å². The minimum atomic E-state index is -0.586. The molecule has 0 radical (unpaired) electrons. The van der Waals surface area contributed by atoms with Crippen molar-refractivity contribution in [2.24, 2.45) is 0 Å². The number of carbonyl (C=O) groups excluding carboxylic acids is 1. The third-order valence-corrected chi connectivity index (χ3v) is 3.29. The van der Waals surface area contributed by atoms with Gasteiger partial charge in [-0.15, -0.1) is 0 Å². The molecule has 1 heterocycles. The monoisotopic (exact) mass is 289 g/mol. The molecule has 2 rings (SSSR count). The van der Waals surface area contributed by atoms with E-state index in [9.17, 15) is 9.59 Å². The summed E-state index contributed by atoms with van der Waals surface area (Å²) in [4.78, 5) is 24.0. The molecule has 21 heavy (non-hydrogen) atoms. The Morgan fingerprint density at radius 3 is 2.67 bits per heavy atom. The zero-order valence-electron chi connectivity index (χ0n) is 12.3. The van der Waals surface area contributed by atoms with Gasteiger partial charge in [-0.1, -0.05) is 19.1 Å². The van der Waals surface area contributed by atoms with E-state index in [1.807, 2.05) is 26.0 Å². The predicted molar refractivity (Wildman–Crippen MR) is 83.9 cm³/mol. The minimum Gasteiger partial charge on any atom is -0.421 e. The van der Waals surface area contributed by atoms with E-state index in [0.29, 0.717) is 11.3 Å². The van der Waals surface area contributed by atoms with E-state index in [4.69, 9.17) is 4.42 Å². The van der Waals surface area contributed by atoms with E-state index in [2.05, 4.69) is 16.0 Å². The van der Waals surface area contributed by atoms with Crippen LogP contribution in [0.4, 0.5) is 16.2 Å². The number of hydrogen-bond acceptors (Lipinski definition) is 4. The number of carbonyl (C=O) groups is 1. The van der Waals surface area contributed by atoms with E-state index in [0.717, 1.165) is 11.8 Å². The fraction of sp³-hybridized carbons (Fsp3) is 0.333. The summed E-state index contributed by atoms with van der Waals surface area (Å²) >= 11 is 0. The van der Waals surface area contributed by atoms with Crippen LogP contribution in [-0.4, -0.2) is 19.1 Å². The molecule has 1 atom stereocenters. The van der Waals surface area contributed by atoms with E-state index < -0.39 is 11.7 Å². The summed E-state index contributed by atoms with van der Waals surface area (Å²) in [5.41, 5.74) is 0.537. The molecular formula is C15H19N3O3. The quantitative estimate of drug-likeness (QED) is 0.756. The number of fused-ring (bicyclic) bond motifs is 1. The number of nitrogens with one attached hydrogen (secondary N) is 3. The number of hydrogen-bond donors (Lipinski definition) is 3. The van der Waals surface area contributed by atoms with E-state index in [1.165, 1.54) is 0 Å². The largest absolute Gasteiger partial charge is 0.421 e. The Hall–Kier alpha value is -2.50. The average molecular weight is 289 g/mol. The van der Waals surface area contributed by atoms with Crippen LogP contribution in [0.5, 0.6) is 0 Å². The van der Waals surface area contributed by atoms with Crippen molar-refractivity contribution in [1.82, 2.24) is 5.32 Å². The highest BCUT2D eigenvalue weighted by Gasteiger charge is 2.16. The Morgan fingerprint density at radius 2 is 2.00 bits per heavy atom. The topological polar surface area (TPSA) is 83.4 Å². The third-order valence-electron chi connectivity index (χ3n) is 3.29. The zero-order chi connectivity index (χ0) is 15.4. The second-order valence-corrected chi connectivity index (χ2v) is 4.79. The molecule has 3 N–H and O–H groups in total. The van der Waals surface area contributed by atoms with Crippen molar-refractivity contribution in [2.45, 2.75) is 26.3 Å². The summed E-state index contributed by atoms with van der Waals surface area (Å²) < 4.78 is 5.23. The van der Waals surface area contributed by atoms with E-state index >= 15 is 0 Å². The van der Waals surface area contributed by atoms with Gasteiger partial charge >= 0.3 is 11.7 Å². The Labute approximate surface area is 122 Å². The van der Waals surface area contributed by atoms with Gasteiger partial charge in [0.15, 0.2) is 5.69 Å². The summed E-state index contributed by atoms with van der Waals surface area (Å²) in [6.07, 6.45) is 0.804. The molecule has 0 aliphatic rings. The second kappa shape index (κ2) is 6.30. The van der Waals surface area contributed by atoms with Gasteiger partial charge in [-0.2, -0.15) is 0 Å². The first-order chi connectivity index (χ1) is 10.1. The molecule has 0 aliphatic carbocycles. The lowest BCUT2D eigenvalue weighted by Crippen LogP contribution is -2.36. The van der Waals surface area contributed by atoms with Gasteiger partial charge < -0.3 is 15.1 Å². The summed E-state index contributed by atoms with van der Waals surface area (Å²) in [5.74, 6) is 0. The maximum absolute atomic E-state index is 12.1. The van der Waals surface area contributed by atoms with Crippen LogP contribution >= 0.6 is 0 Å². The molecule has 112 valence electrons. The van der Waals surface area contributed by atoms with Gasteiger partial charge in [-0.3, -0.25) is 5.32 Å². The van der Waals surface area contributed by atoms with Crippen LogP contribution < -0.4 is 21.6 Å². The van der Waals surface area contributed by atoms with Crippen LogP contribution in [0.25, 0.3) is 11.0 Å². The Balaban J connectivity index is 2.41. The first-order valence-corrected chi connectivity index (χ1v) is 6.88. The summed E-state index contributed by atoms with van der Waals surface area (Å²) in [6.45, 7) is 3.86. The summed E-state index contributed by atoms with van der Waals surface area (Å²) in [5, 5.41) is 9.00. The van der Waals surface area contributed by atoms with Gasteiger partial charge in [-0.25, -0.2) is 9.59 Å². The van der Waals surface area contributed by atoms with Gasteiger partial charge in [-0.05, 0) is 25.5 Å². The molecule has 0 bridgehead atoms. The van der Waals surface area contributed by atoms with Crippen molar-refractivity contribution in [3.63, 3.8) is 0 Å². The van der Waals surface area contributed by atoms with Crippen molar-refractivity contribution < 1.29 is 9.21 Å². The SMILES string of the molecule is CCC(C)NC(=O)Nc1c(NC)c2ccccc2oc1=O. The molecule has 6 heteroatoms. The van der Waals surface area contributed by atoms with E-state index in [1.54, 1.807) is 19.2 Å². The molecule has 0 saturated heterocycles. The number of urea groups is 1. The van der Waals surface area contributed by atoms with Gasteiger partial charge in [0.25, 0.3) is 0 Å². The Morgan fingerprint density at radius 1 is 1.29 bits per heavy atom. The van der Waals surface area contributed by atoms with Crippen molar-refractivity contribution >= 4 is 28.4 Å². The first-order valence-electron chi connectivity index (χ1n) is 6.88. The second-order valence-electron chi connectivity index (χ2n) is 4.79. The first kappa shape index (κ1) is 14.9. The van der Waals surface area contributed by atoms with E-state index in [-0.39, 0.29) is 11.7 Å². The Kier molecular flexibility index (Phi) is 4.47.